The lowest BCUT2D eigenvalue weighted by Gasteiger charge is -2.19. The second kappa shape index (κ2) is 8.79. The summed E-state index contributed by atoms with van der Waals surface area (Å²) in [4.78, 5) is 14.2. The minimum Gasteiger partial charge on any atom is -0.494 e. The van der Waals surface area contributed by atoms with E-state index < -0.39 is 0 Å². The summed E-state index contributed by atoms with van der Waals surface area (Å²) < 4.78 is 5.41. The Kier molecular flexibility index (Phi) is 6.42. The number of carbonyl (C=O) groups is 1. The van der Waals surface area contributed by atoms with Gasteiger partial charge in [0, 0.05) is 19.2 Å². The van der Waals surface area contributed by atoms with Gasteiger partial charge in [-0.1, -0.05) is 42.5 Å². The van der Waals surface area contributed by atoms with Crippen molar-refractivity contribution in [2.24, 2.45) is 0 Å². The first-order chi connectivity index (χ1) is 11.2. The van der Waals surface area contributed by atoms with Crippen molar-refractivity contribution in [1.29, 1.82) is 0 Å². The van der Waals surface area contributed by atoms with Gasteiger partial charge < -0.3 is 9.64 Å². The average Bonchev–Trinajstić information content (AvgIpc) is 2.60. The molecule has 3 heteroatoms. The molecule has 0 aliphatic carbocycles. The monoisotopic (exact) mass is 309 g/mol. The molecule has 0 aliphatic rings. The molecule has 0 heterocycles. The van der Waals surface area contributed by atoms with Gasteiger partial charge in [-0.3, -0.25) is 4.79 Å². The fraction of sp³-hybridized carbons (Fsp3) is 0.250. The molecule has 2 aromatic carbocycles. The van der Waals surface area contributed by atoms with Crippen molar-refractivity contribution in [2.45, 2.75) is 20.4 Å². The number of ether oxygens (including phenoxy) is 1. The fourth-order valence-corrected chi connectivity index (χ4v) is 2.26. The molecule has 0 unspecified atom stereocenters. The molecule has 2 rings (SSSR count). The Hall–Kier alpha value is -2.55. The molecule has 0 bridgehead atoms. The van der Waals surface area contributed by atoms with Crippen LogP contribution in [0.3, 0.4) is 0 Å². The van der Waals surface area contributed by atoms with E-state index in [0.29, 0.717) is 19.7 Å². The number of rotatable bonds is 7. The lowest BCUT2D eigenvalue weighted by atomic mass is 10.2. The van der Waals surface area contributed by atoms with Crippen LogP contribution < -0.4 is 4.74 Å². The van der Waals surface area contributed by atoms with Gasteiger partial charge in [-0.05, 0) is 43.2 Å². The van der Waals surface area contributed by atoms with Crippen LogP contribution in [0.5, 0.6) is 5.75 Å². The number of hydrogen-bond acceptors (Lipinski definition) is 2. The highest BCUT2D eigenvalue weighted by molar-refractivity contribution is 5.91. The molecule has 0 spiro atoms. The van der Waals surface area contributed by atoms with Crippen LogP contribution >= 0.6 is 0 Å². The Morgan fingerprint density at radius 2 is 1.74 bits per heavy atom. The summed E-state index contributed by atoms with van der Waals surface area (Å²) in [5.41, 5.74) is 2.12. The molecule has 0 radical (unpaired) electrons. The molecule has 0 atom stereocenters. The largest absolute Gasteiger partial charge is 0.494 e. The Morgan fingerprint density at radius 3 is 2.35 bits per heavy atom. The first-order valence-electron chi connectivity index (χ1n) is 7.96. The summed E-state index contributed by atoms with van der Waals surface area (Å²) in [6, 6.07) is 17.7. The molecule has 0 saturated carbocycles. The van der Waals surface area contributed by atoms with Crippen molar-refractivity contribution in [3.05, 3.63) is 71.8 Å². The van der Waals surface area contributed by atoms with Crippen molar-refractivity contribution in [2.75, 3.05) is 13.2 Å². The Morgan fingerprint density at radius 1 is 1.04 bits per heavy atom. The van der Waals surface area contributed by atoms with Crippen molar-refractivity contribution < 1.29 is 9.53 Å². The van der Waals surface area contributed by atoms with E-state index in [1.807, 2.05) is 79.4 Å². The van der Waals surface area contributed by atoms with Crippen molar-refractivity contribution in [3.63, 3.8) is 0 Å². The van der Waals surface area contributed by atoms with Crippen LogP contribution in [0.1, 0.15) is 25.0 Å². The summed E-state index contributed by atoms with van der Waals surface area (Å²) in [7, 11) is 0. The van der Waals surface area contributed by atoms with E-state index in [9.17, 15) is 4.79 Å². The topological polar surface area (TPSA) is 29.5 Å². The van der Waals surface area contributed by atoms with Crippen molar-refractivity contribution in [3.8, 4) is 5.75 Å². The zero-order valence-corrected chi connectivity index (χ0v) is 13.7. The molecule has 0 saturated heterocycles. The van der Waals surface area contributed by atoms with Gasteiger partial charge in [-0.25, -0.2) is 0 Å². The predicted molar refractivity (Wildman–Crippen MR) is 94.2 cm³/mol. The third kappa shape index (κ3) is 5.29. The molecule has 1 amide bonds. The minimum absolute atomic E-state index is 0.0187. The molecule has 0 aliphatic heterocycles. The molecule has 120 valence electrons. The third-order valence-corrected chi connectivity index (χ3v) is 3.52. The van der Waals surface area contributed by atoms with Gasteiger partial charge in [0.25, 0.3) is 0 Å². The van der Waals surface area contributed by atoms with Gasteiger partial charge in [0.1, 0.15) is 5.75 Å². The van der Waals surface area contributed by atoms with Crippen LogP contribution in [0.15, 0.2) is 60.7 Å². The van der Waals surface area contributed by atoms with Crippen molar-refractivity contribution in [1.82, 2.24) is 4.90 Å². The summed E-state index contributed by atoms with van der Waals surface area (Å²) in [6.45, 7) is 5.91. The Balaban J connectivity index is 1.98. The van der Waals surface area contributed by atoms with E-state index in [2.05, 4.69) is 0 Å². The first kappa shape index (κ1) is 16.8. The summed E-state index contributed by atoms with van der Waals surface area (Å²) in [5.74, 6) is 0.862. The maximum Gasteiger partial charge on any atom is 0.246 e. The number of nitrogens with zero attached hydrogens (tertiary/aromatic N) is 1. The third-order valence-electron chi connectivity index (χ3n) is 3.52. The standard InChI is InChI=1S/C20H23NO2/c1-3-21(16-18-8-6-5-7-9-18)20(22)15-12-17-10-13-19(14-11-17)23-4-2/h5-15H,3-4,16H2,1-2H3/b15-12+. The highest BCUT2D eigenvalue weighted by atomic mass is 16.5. The van der Waals surface area contributed by atoms with Gasteiger partial charge in [0.05, 0.1) is 6.61 Å². The smallest absolute Gasteiger partial charge is 0.246 e. The molecule has 0 aromatic heterocycles. The van der Waals surface area contributed by atoms with Crippen LogP contribution in [0.2, 0.25) is 0 Å². The molecule has 2 aromatic rings. The maximum atomic E-state index is 12.3. The van der Waals surface area contributed by atoms with Crippen LogP contribution in [-0.2, 0) is 11.3 Å². The van der Waals surface area contributed by atoms with Crippen molar-refractivity contribution >= 4 is 12.0 Å². The lowest BCUT2D eigenvalue weighted by molar-refractivity contribution is -0.126. The van der Waals surface area contributed by atoms with E-state index in [1.165, 1.54) is 0 Å². The zero-order chi connectivity index (χ0) is 16.5. The SMILES string of the molecule is CCOc1ccc(/C=C/C(=O)N(CC)Cc2ccccc2)cc1. The summed E-state index contributed by atoms with van der Waals surface area (Å²) >= 11 is 0. The predicted octanol–water partition coefficient (Wildman–Crippen LogP) is 4.15. The van der Waals surface area contributed by atoms with E-state index >= 15 is 0 Å². The lowest BCUT2D eigenvalue weighted by Crippen LogP contribution is -2.28. The molecule has 0 fully saturated rings. The first-order valence-corrected chi connectivity index (χ1v) is 7.96. The number of likely N-dealkylation sites (N-methyl/N-ethyl adjacent to an activating group) is 1. The summed E-state index contributed by atoms with van der Waals surface area (Å²) in [6.07, 6.45) is 3.47. The second-order valence-electron chi connectivity index (χ2n) is 5.17. The van der Waals surface area contributed by atoms with E-state index in [1.54, 1.807) is 6.08 Å². The van der Waals surface area contributed by atoms with Crippen LogP contribution in [0.4, 0.5) is 0 Å². The number of benzene rings is 2. The number of hydrogen-bond donors (Lipinski definition) is 0. The van der Waals surface area contributed by atoms with Crippen LogP contribution in [0.25, 0.3) is 6.08 Å². The molecule has 0 N–H and O–H groups in total. The second-order valence-corrected chi connectivity index (χ2v) is 5.17. The minimum atomic E-state index is 0.0187. The highest BCUT2D eigenvalue weighted by Gasteiger charge is 2.08. The number of carbonyl (C=O) groups excluding carboxylic acids is 1. The molecular formula is C20H23NO2. The van der Waals surface area contributed by atoms with Gasteiger partial charge >= 0.3 is 0 Å². The Labute approximate surface area is 138 Å². The Bertz CT molecular complexity index is 632. The highest BCUT2D eigenvalue weighted by Crippen LogP contribution is 2.13. The maximum absolute atomic E-state index is 12.3. The number of amides is 1. The van der Waals surface area contributed by atoms with Crippen LogP contribution in [-0.4, -0.2) is 24.0 Å². The van der Waals surface area contributed by atoms with Gasteiger partial charge in [-0.2, -0.15) is 0 Å². The molecule has 3 nitrogen and oxygen atoms in total. The molecular weight excluding hydrogens is 286 g/mol. The van der Waals surface area contributed by atoms with Crippen LogP contribution in [0, 0.1) is 0 Å². The molecule has 23 heavy (non-hydrogen) atoms. The fourth-order valence-electron chi connectivity index (χ4n) is 2.26. The van der Waals surface area contributed by atoms with E-state index in [0.717, 1.165) is 16.9 Å². The van der Waals surface area contributed by atoms with Gasteiger partial charge in [-0.15, -0.1) is 0 Å². The quantitative estimate of drug-likeness (QED) is 0.719. The van der Waals surface area contributed by atoms with Gasteiger partial charge in [0.15, 0.2) is 0 Å². The van der Waals surface area contributed by atoms with E-state index in [-0.39, 0.29) is 5.91 Å². The zero-order valence-electron chi connectivity index (χ0n) is 13.7. The van der Waals surface area contributed by atoms with Gasteiger partial charge in [0.2, 0.25) is 5.91 Å². The normalized spacial score (nSPS) is 10.7. The van der Waals surface area contributed by atoms with E-state index in [4.69, 9.17) is 4.74 Å². The average molecular weight is 309 g/mol. The summed E-state index contributed by atoms with van der Waals surface area (Å²) in [5, 5.41) is 0.